The Balaban J connectivity index is 1.31. The third-order valence-electron chi connectivity index (χ3n) is 8.93. The van der Waals surface area contributed by atoms with Crippen molar-refractivity contribution in [2.75, 3.05) is 13.2 Å². The van der Waals surface area contributed by atoms with E-state index in [2.05, 4.69) is 22.7 Å². The fourth-order valence-electron chi connectivity index (χ4n) is 7.16. The van der Waals surface area contributed by atoms with E-state index in [0.717, 1.165) is 24.8 Å². The SMILES string of the molecule is C[C@@H]1CC[C@]23c4c5ccc(OC(=O)CCCCON([O-])O)c4O[C@H]2[C@@H](OC(=O)CCCCON([O-])O)C=CC3[C@H]1C5. The van der Waals surface area contributed by atoms with Crippen molar-refractivity contribution in [3.05, 3.63) is 45.8 Å². The second kappa shape index (κ2) is 12.7. The van der Waals surface area contributed by atoms with Crippen molar-refractivity contribution in [1.82, 2.24) is 10.8 Å². The van der Waals surface area contributed by atoms with Gasteiger partial charge in [-0.05, 0) is 80.4 Å². The first kappa shape index (κ1) is 29.9. The molecular weight excluding hydrogens is 540 g/mol. The normalized spacial score (nSPS) is 28.9. The van der Waals surface area contributed by atoms with Crippen LogP contribution in [0.3, 0.4) is 0 Å². The largest absolute Gasteiger partial charge is 0.738 e. The van der Waals surface area contributed by atoms with Gasteiger partial charge >= 0.3 is 11.9 Å². The molecule has 1 saturated carbocycles. The van der Waals surface area contributed by atoms with Gasteiger partial charge in [0, 0.05) is 23.8 Å². The summed E-state index contributed by atoms with van der Waals surface area (Å²) in [7, 11) is 0. The number of esters is 2. The van der Waals surface area contributed by atoms with Crippen LogP contribution in [0.15, 0.2) is 24.3 Å². The second-order valence-corrected chi connectivity index (χ2v) is 11.3. The lowest BCUT2D eigenvalue weighted by Gasteiger charge is -2.55. The van der Waals surface area contributed by atoms with E-state index in [4.69, 9.17) is 24.6 Å². The van der Waals surface area contributed by atoms with Crippen LogP contribution < -0.4 is 9.47 Å². The molecule has 5 rings (SSSR count). The molecule has 2 bridgehead atoms. The van der Waals surface area contributed by atoms with E-state index in [1.54, 1.807) is 6.07 Å². The van der Waals surface area contributed by atoms with Gasteiger partial charge in [0.05, 0.1) is 13.2 Å². The maximum absolute atomic E-state index is 12.8. The van der Waals surface area contributed by atoms with Gasteiger partial charge in [-0.15, -0.1) is 10.8 Å². The molecule has 0 saturated heterocycles. The summed E-state index contributed by atoms with van der Waals surface area (Å²) in [5.74, 6) is 1.19. The number of benzene rings is 1. The van der Waals surface area contributed by atoms with E-state index in [-0.39, 0.29) is 37.4 Å². The van der Waals surface area contributed by atoms with E-state index < -0.39 is 34.9 Å². The number of hydrogen-bond donors (Lipinski definition) is 2. The summed E-state index contributed by atoms with van der Waals surface area (Å²) in [6.07, 6.45) is 7.65. The first-order valence-corrected chi connectivity index (χ1v) is 14.2. The highest BCUT2D eigenvalue weighted by molar-refractivity contribution is 5.75. The molecule has 0 aromatic heterocycles. The van der Waals surface area contributed by atoms with E-state index in [1.807, 2.05) is 12.1 Å². The lowest BCUT2D eigenvalue weighted by Crippen LogP contribution is -2.60. The van der Waals surface area contributed by atoms with E-state index in [9.17, 15) is 20.0 Å². The standard InChI is InChI=1S/C28H36N2O11/c1-17-12-13-28-20-9-11-22(40-24(32)7-3-5-15-38-30(35)36)27(28)41-26-21(10-8-18(25(26)28)16-19(17)20)39-23(31)6-2-4-14-37-29(33)34/h8-11,17,19-20,22,27,33,35H,2-7,12-16H2,1H3/q-2/t17-,19+,20?,22+,27+,28+/m1/s1. The topological polar surface area (TPSA) is 173 Å². The van der Waals surface area contributed by atoms with Crippen molar-refractivity contribution in [3.8, 4) is 11.5 Å². The molecule has 1 spiro atoms. The zero-order chi connectivity index (χ0) is 29.1. The van der Waals surface area contributed by atoms with Gasteiger partial charge in [-0.2, -0.15) is 0 Å². The monoisotopic (exact) mass is 576 g/mol. The fraction of sp³-hybridized carbons (Fsp3) is 0.643. The minimum absolute atomic E-state index is 0.0124. The lowest BCUT2D eigenvalue weighted by molar-refractivity contribution is -0.305. The van der Waals surface area contributed by atoms with Crippen molar-refractivity contribution >= 4 is 11.9 Å². The maximum atomic E-state index is 12.8. The van der Waals surface area contributed by atoms with Crippen LogP contribution in [0.5, 0.6) is 11.5 Å². The summed E-state index contributed by atoms with van der Waals surface area (Å²) < 4.78 is 18.3. The second-order valence-electron chi connectivity index (χ2n) is 11.3. The summed E-state index contributed by atoms with van der Waals surface area (Å²) in [5, 5.41) is 36.6. The molecule has 0 amide bonds. The van der Waals surface area contributed by atoms with Gasteiger partial charge in [-0.3, -0.25) is 19.3 Å². The number of allylic oxidation sites excluding steroid dienone is 1. The van der Waals surface area contributed by atoms with E-state index in [1.165, 1.54) is 5.56 Å². The molecule has 6 atom stereocenters. The summed E-state index contributed by atoms with van der Waals surface area (Å²) in [6.45, 7) is 2.26. The van der Waals surface area contributed by atoms with Gasteiger partial charge in [0.1, 0.15) is 6.10 Å². The van der Waals surface area contributed by atoms with Crippen molar-refractivity contribution in [1.29, 1.82) is 0 Å². The van der Waals surface area contributed by atoms with Gasteiger partial charge < -0.3 is 35.0 Å². The highest BCUT2D eigenvalue weighted by Gasteiger charge is 2.65. The first-order chi connectivity index (χ1) is 19.7. The summed E-state index contributed by atoms with van der Waals surface area (Å²) >= 11 is 0. The Hall–Kier alpha value is -2.62. The number of carbonyl (C=O) groups excluding carboxylic acids is 2. The summed E-state index contributed by atoms with van der Waals surface area (Å²) in [4.78, 5) is 34.3. The van der Waals surface area contributed by atoms with Crippen LogP contribution in [-0.2, 0) is 35.8 Å². The molecule has 4 aliphatic rings. The molecule has 1 aliphatic heterocycles. The Labute approximate surface area is 237 Å². The average Bonchev–Trinajstić information content (AvgIpc) is 3.27. The molecule has 13 heteroatoms. The number of ether oxygens (including phenoxy) is 3. The molecule has 1 unspecified atom stereocenters. The van der Waals surface area contributed by atoms with Crippen LogP contribution in [0, 0.1) is 28.2 Å². The fourth-order valence-corrected chi connectivity index (χ4v) is 7.16. The zero-order valence-electron chi connectivity index (χ0n) is 22.9. The molecule has 3 aliphatic carbocycles. The molecule has 1 heterocycles. The Bertz CT molecular complexity index is 1140. The average molecular weight is 577 g/mol. The highest BCUT2D eigenvalue weighted by atomic mass is 17.1. The molecule has 0 radical (unpaired) electrons. The Kier molecular flexibility index (Phi) is 9.26. The van der Waals surface area contributed by atoms with Crippen LogP contribution in [-0.4, -0.2) is 58.6 Å². The predicted octanol–water partition coefficient (Wildman–Crippen LogP) is 3.87. The van der Waals surface area contributed by atoms with Gasteiger partial charge in [0.25, 0.3) is 0 Å². The van der Waals surface area contributed by atoms with Crippen molar-refractivity contribution in [3.63, 3.8) is 0 Å². The molecule has 41 heavy (non-hydrogen) atoms. The number of nitrogens with zero attached hydrogens (tertiary/aromatic N) is 2. The summed E-state index contributed by atoms with van der Waals surface area (Å²) in [5.41, 5.74) is 1.84. The Morgan fingerprint density at radius 3 is 2.39 bits per heavy atom. The van der Waals surface area contributed by atoms with Crippen LogP contribution in [0.1, 0.15) is 69.4 Å². The maximum Gasteiger partial charge on any atom is 0.311 e. The number of rotatable bonds is 14. The smallest absolute Gasteiger partial charge is 0.311 e. The molecule has 1 aromatic carbocycles. The Morgan fingerprint density at radius 1 is 1.02 bits per heavy atom. The third-order valence-corrected chi connectivity index (χ3v) is 8.93. The first-order valence-electron chi connectivity index (χ1n) is 14.2. The zero-order valence-corrected chi connectivity index (χ0v) is 22.9. The van der Waals surface area contributed by atoms with Gasteiger partial charge in [0.15, 0.2) is 17.6 Å². The van der Waals surface area contributed by atoms with Crippen LogP contribution >= 0.6 is 0 Å². The third kappa shape index (κ3) is 6.13. The highest BCUT2D eigenvalue weighted by Crippen LogP contribution is 2.65. The van der Waals surface area contributed by atoms with Crippen molar-refractivity contribution < 1.29 is 43.9 Å². The van der Waals surface area contributed by atoms with Gasteiger partial charge in [0.2, 0.25) is 0 Å². The van der Waals surface area contributed by atoms with Crippen LogP contribution in [0.25, 0.3) is 0 Å². The molecule has 1 fully saturated rings. The van der Waals surface area contributed by atoms with Crippen molar-refractivity contribution in [2.45, 2.75) is 82.3 Å². The molecular formula is C28H36N2O11-2. The minimum atomic E-state index is -0.618. The molecule has 2 N–H and O–H groups in total. The summed E-state index contributed by atoms with van der Waals surface area (Å²) in [6, 6.07) is 3.79. The lowest BCUT2D eigenvalue weighted by atomic mass is 9.48. The number of hydrogen-bond acceptors (Lipinski definition) is 13. The van der Waals surface area contributed by atoms with Gasteiger partial charge in [-0.25, -0.2) is 0 Å². The van der Waals surface area contributed by atoms with Crippen LogP contribution in [0.2, 0.25) is 0 Å². The van der Waals surface area contributed by atoms with E-state index >= 15 is 0 Å². The predicted molar refractivity (Wildman–Crippen MR) is 140 cm³/mol. The number of unbranched alkanes of at least 4 members (excludes halogenated alkanes) is 2. The minimum Gasteiger partial charge on any atom is -0.738 e. The molecule has 1 aromatic rings. The molecule has 13 nitrogen and oxygen atoms in total. The van der Waals surface area contributed by atoms with Crippen LogP contribution in [0.4, 0.5) is 0 Å². The number of carbonyl (C=O) groups is 2. The van der Waals surface area contributed by atoms with Gasteiger partial charge in [-0.1, -0.05) is 19.1 Å². The Morgan fingerprint density at radius 2 is 1.71 bits per heavy atom. The van der Waals surface area contributed by atoms with Crippen molar-refractivity contribution in [2.24, 2.45) is 17.8 Å². The molecule has 226 valence electrons. The quantitative estimate of drug-likeness (QED) is 0.107. The van der Waals surface area contributed by atoms with E-state index in [0.29, 0.717) is 49.0 Å².